The summed E-state index contributed by atoms with van der Waals surface area (Å²) in [4.78, 5) is 4.58. The molecule has 15 heavy (non-hydrogen) atoms. The van der Waals surface area contributed by atoms with Crippen LogP contribution >= 0.6 is 11.3 Å². The molecule has 0 fully saturated rings. The van der Waals surface area contributed by atoms with Crippen molar-refractivity contribution in [3.05, 3.63) is 15.6 Å². The Hall–Kier alpha value is -1.39. The molecule has 78 valence electrons. The first kappa shape index (κ1) is 11.7. The molecule has 3 nitrogen and oxygen atoms in total. The fourth-order valence-electron chi connectivity index (χ4n) is 1.33. The highest BCUT2D eigenvalue weighted by molar-refractivity contribution is 7.12. The van der Waals surface area contributed by atoms with Crippen molar-refractivity contribution < 1.29 is 0 Å². The molecule has 4 heteroatoms. The molecule has 1 aromatic rings. The lowest BCUT2D eigenvalue weighted by Gasteiger charge is -1.95. The summed E-state index contributed by atoms with van der Waals surface area (Å²) in [6.45, 7) is 2.17. The van der Waals surface area contributed by atoms with Crippen molar-refractivity contribution in [1.82, 2.24) is 4.98 Å². The van der Waals surface area contributed by atoms with E-state index in [1.807, 2.05) is 12.1 Å². The Morgan fingerprint density at radius 3 is 2.53 bits per heavy atom. The minimum Gasteiger partial charge on any atom is -0.229 e. The zero-order valence-electron chi connectivity index (χ0n) is 8.79. The van der Waals surface area contributed by atoms with Crippen molar-refractivity contribution in [2.75, 3.05) is 0 Å². The summed E-state index contributed by atoms with van der Waals surface area (Å²) in [5.74, 6) is 0. The quantitative estimate of drug-likeness (QED) is 0.715. The fourth-order valence-corrected chi connectivity index (χ4v) is 2.18. The average Bonchev–Trinajstić information content (AvgIpc) is 2.67. The molecule has 0 aliphatic rings. The Morgan fingerprint density at radius 2 is 2.00 bits per heavy atom. The van der Waals surface area contributed by atoms with Gasteiger partial charge in [-0.3, -0.25) is 0 Å². The molecular formula is C11H13N3S. The summed E-state index contributed by atoms with van der Waals surface area (Å²) in [5, 5.41) is 18.4. The van der Waals surface area contributed by atoms with Crippen LogP contribution in [-0.2, 0) is 6.42 Å². The van der Waals surface area contributed by atoms with Crippen molar-refractivity contribution in [2.24, 2.45) is 0 Å². The summed E-state index contributed by atoms with van der Waals surface area (Å²) in [6.07, 6.45) is 5.63. The first-order valence-corrected chi connectivity index (χ1v) is 5.93. The molecule has 0 aliphatic heterocycles. The van der Waals surface area contributed by atoms with Gasteiger partial charge in [-0.15, -0.1) is 11.3 Å². The van der Waals surface area contributed by atoms with Crippen molar-refractivity contribution in [2.45, 2.75) is 39.0 Å². The van der Waals surface area contributed by atoms with Crippen molar-refractivity contribution >= 4 is 11.3 Å². The Bertz CT molecular complexity index is 363. The number of hydrogen-bond donors (Lipinski definition) is 0. The highest BCUT2D eigenvalue weighted by atomic mass is 32.1. The van der Waals surface area contributed by atoms with Crippen LogP contribution in [-0.4, -0.2) is 4.98 Å². The predicted molar refractivity (Wildman–Crippen MR) is 59.4 cm³/mol. The zero-order chi connectivity index (χ0) is 11.1. The Labute approximate surface area is 94.0 Å². The van der Waals surface area contributed by atoms with Crippen LogP contribution in [0, 0.1) is 22.7 Å². The summed E-state index contributed by atoms with van der Waals surface area (Å²) in [5.41, 5.74) is 0.285. The molecule has 0 aliphatic carbocycles. The van der Waals surface area contributed by atoms with E-state index < -0.39 is 0 Å². The van der Waals surface area contributed by atoms with E-state index in [1.54, 1.807) is 0 Å². The third kappa shape index (κ3) is 3.34. The summed E-state index contributed by atoms with van der Waals surface area (Å²) in [7, 11) is 0. The normalized spacial score (nSPS) is 9.53. The largest absolute Gasteiger partial charge is 0.229 e. The van der Waals surface area contributed by atoms with E-state index in [0.717, 1.165) is 17.8 Å². The van der Waals surface area contributed by atoms with Crippen LogP contribution in [0.2, 0.25) is 0 Å². The maximum absolute atomic E-state index is 8.74. The number of aromatic nitrogens is 1. The lowest BCUT2D eigenvalue weighted by molar-refractivity contribution is 0.665. The van der Waals surface area contributed by atoms with Crippen molar-refractivity contribution in [3.63, 3.8) is 0 Å². The minimum atomic E-state index is 0.285. The molecule has 0 radical (unpaired) electrons. The van der Waals surface area contributed by atoms with Crippen LogP contribution in [0.25, 0.3) is 0 Å². The molecule has 0 unspecified atom stereocenters. The first-order valence-electron chi connectivity index (χ1n) is 5.11. The molecule has 0 aromatic carbocycles. The molecule has 0 saturated heterocycles. The Kier molecular flexibility index (Phi) is 4.80. The highest BCUT2D eigenvalue weighted by Crippen LogP contribution is 2.19. The standard InChI is InChI=1S/C11H13N3S/c1-2-3-4-5-6-11-14-9(7-12)10(8-13)15-11/h2-6H2,1H3. The van der Waals surface area contributed by atoms with E-state index in [-0.39, 0.29) is 5.69 Å². The van der Waals surface area contributed by atoms with E-state index in [4.69, 9.17) is 10.5 Å². The maximum Gasteiger partial charge on any atom is 0.169 e. The predicted octanol–water partition coefficient (Wildman–Crippen LogP) is 3.01. The molecule has 0 bridgehead atoms. The number of nitriles is 2. The Balaban J connectivity index is 2.53. The van der Waals surface area contributed by atoms with E-state index in [9.17, 15) is 0 Å². The molecule has 1 heterocycles. The van der Waals surface area contributed by atoms with Crippen LogP contribution in [0.5, 0.6) is 0 Å². The molecule has 1 aromatic heterocycles. The van der Waals surface area contributed by atoms with E-state index in [0.29, 0.717) is 4.88 Å². The fraction of sp³-hybridized carbons (Fsp3) is 0.545. The van der Waals surface area contributed by atoms with Gasteiger partial charge in [-0.2, -0.15) is 10.5 Å². The number of thiazole rings is 1. The second-order valence-electron chi connectivity index (χ2n) is 3.32. The van der Waals surface area contributed by atoms with Crippen LogP contribution in [0.3, 0.4) is 0 Å². The molecule has 0 spiro atoms. The first-order chi connectivity index (χ1) is 7.31. The molecule has 0 saturated carbocycles. The third-order valence-electron chi connectivity index (χ3n) is 2.12. The topological polar surface area (TPSA) is 60.5 Å². The van der Waals surface area contributed by atoms with Gasteiger partial charge in [-0.05, 0) is 12.8 Å². The summed E-state index contributed by atoms with van der Waals surface area (Å²) in [6, 6.07) is 3.95. The third-order valence-corrected chi connectivity index (χ3v) is 3.14. The summed E-state index contributed by atoms with van der Waals surface area (Å²) < 4.78 is 0. The SMILES string of the molecule is CCCCCCc1nc(C#N)c(C#N)s1. The second-order valence-corrected chi connectivity index (χ2v) is 4.40. The van der Waals surface area contributed by atoms with Crippen molar-refractivity contribution in [1.29, 1.82) is 10.5 Å². The van der Waals surface area contributed by atoms with Gasteiger partial charge in [0, 0.05) is 0 Å². The van der Waals surface area contributed by atoms with Gasteiger partial charge in [-0.1, -0.05) is 26.2 Å². The van der Waals surface area contributed by atoms with Crippen LogP contribution in [0.1, 0.15) is 48.2 Å². The molecular weight excluding hydrogens is 206 g/mol. The average molecular weight is 219 g/mol. The lowest BCUT2D eigenvalue weighted by atomic mass is 10.2. The van der Waals surface area contributed by atoms with E-state index in [2.05, 4.69) is 11.9 Å². The maximum atomic E-state index is 8.74. The van der Waals surface area contributed by atoms with Gasteiger partial charge in [0.05, 0.1) is 5.01 Å². The smallest absolute Gasteiger partial charge is 0.169 e. The van der Waals surface area contributed by atoms with Gasteiger partial charge < -0.3 is 0 Å². The number of rotatable bonds is 5. The number of unbranched alkanes of at least 4 members (excludes halogenated alkanes) is 3. The monoisotopic (exact) mass is 219 g/mol. The molecule has 0 N–H and O–H groups in total. The number of aryl methyl sites for hydroxylation is 1. The van der Waals surface area contributed by atoms with Gasteiger partial charge in [-0.25, -0.2) is 4.98 Å². The Morgan fingerprint density at radius 1 is 1.20 bits per heavy atom. The molecule has 0 atom stereocenters. The highest BCUT2D eigenvalue weighted by Gasteiger charge is 2.09. The van der Waals surface area contributed by atoms with Crippen LogP contribution < -0.4 is 0 Å². The van der Waals surface area contributed by atoms with E-state index >= 15 is 0 Å². The number of nitrogens with zero attached hydrogens (tertiary/aromatic N) is 3. The second kappa shape index (κ2) is 6.16. The van der Waals surface area contributed by atoms with Crippen LogP contribution in [0.4, 0.5) is 0 Å². The molecule has 0 amide bonds. The van der Waals surface area contributed by atoms with Crippen molar-refractivity contribution in [3.8, 4) is 12.1 Å². The van der Waals surface area contributed by atoms with Gasteiger partial charge in [0.1, 0.15) is 17.0 Å². The van der Waals surface area contributed by atoms with Gasteiger partial charge in [0.25, 0.3) is 0 Å². The summed E-state index contributed by atoms with van der Waals surface area (Å²) >= 11 is 1.35. The van der Waals surface area contributed by atoms with Crippen LogP contribution in [0.15, 0.2) is 0 Å². The van der Waals surface area contributed by atoms with Gasteiger partial charge >= 0.3 is 0 Å². The van der Waals surface area contributed by atoms with Gasteiger partial charge in [0.2, 0.25) is 0 Å². The molecule has 1 rings (SSSR count). The lowest BCUT2D eigenvalue weighted by Crippen LogP contribution is -1.85. The minimum absolute atomic E-state index is 0.285. The van der Waals surface area contributed by atoms with E-state index in [1.165, 1.54) is 30.6 Å². The van der Waals surface area contributed by atoms with Gasteiger partial charge in [0.15, 0.2) is 5.69 Å². The number of hydrogen-bond acceptors (Lipinski definition) is 4. The zero-order valence-corrected chi connectivity index (χ0v) is 9.60.